The second-order valence-electron chi connectivity index (χ2n) is 4.20. The van der Waals surface area contributed by atoms with Crippen LogP contribution in [-0.4, -0.2) is 37.4 Å². The van der Waals surface area contributed by atoms with Gasteiger partial charge in [0.15, 0.2) is 0 Å². The number of sulfonamides is 1. The summed E-state index contributed by atoms with van der Waals surface area (Å²) in [6, 6.07) is 3.28. The van der Waals surface area contributed by atoms with Crippen molar-refractivity contribution < 1.29 is 13.6 Å². The summed E-state index contributed by atoms with van der Waals surface area (Å²) in [6.07, 6.45) is 0.150. The summed E-state index contributed by atoms with van der Waals surface area (Å²) in [5, 5.41) is 11.3. The molecular weight excluding hydrogens is 414 g/mol. The smallest absolute Gasteiger partial charge is 0.243 e. The quantitative estimate of drug-likeness (QED) is 0.325. The number of rotatable bonds is 5. The topological polar surface area (TPSA) is 96.0 Å². The number of benzene rings is 1. The van der Waals surface area contributed by atoms with E-state index in [1.807, 2.05) is 6.92 Å². The van der Waals surface area contributed by atoms with Gasteiger partial charge in [-0.25, -0.2) is 12.7 Å². The largest absolute Gasteiger partial charge is 0.409 e. The number of oxime groups is 1. The third-order valence-corrected chi connectivity index (χ3v) is 6.38. The second kappa shape index (κ2) is 6.88. The number of nitrogens with two attached hydrogens (primary N) is 1. The molecule has 1 rings (SSSR count). The van der Waals surface area contributed by atoms with Gasteiger partial charge in [0.2, 0.25) is 10.0 Å². The van der Waals surface area contributed by atoms with Gasteiger partial charge in [-0.15, -0.1) is 0 Å². The SMILES string of the molecule is Cc1cc(Br)c(S(=O)(=O)N(C)CC/C(N)=N/O)cc1Br. The summed E-state index contributed by atoms with van der Waals surface area (Å²) in [5.74, 6) is -0.0174. The van der Waals surface area contributed by atoms with E-state index in [1.54, 1.807) is 12.1 Å². The Balaban J connectivity index is 3.08. The molecule has 0 aliphatic rings. The molecule has 1 aromatic rings. The molecule has 0 spiro atoms. The maximum absolute atomic E-state index is 12.4. The fraction of sp³-hybridized carbons (Fsp3) is 0.364. The number of aryl methyl sites for hydroxylation is 1. The van der Waals surface area contributed by atoms with Crippen LogP contribution < -0.4 is 5.73 Å². The van der Waals surface area contributed by atoms with Gasteiger partial charge in [-0.3, -0.25) is 0 Å². The first-order valence-electron chi connectivity index (χ1n) is 5.58. The van der Waals surface area contributed by atoms with E-state index in [-0.39, 0.29) is 23.7 Å². The minimum absolute atomic E-state index is 0.0174. The van der Waals surface area contributed by atoms with Crippen molar-refractivity contribution in [2.24, 2.45) is 10.9 Å². The highest BCUT2D eigenvalue weighted by atomic mass is 79.9. The van der Waals surface area contributed by atoms with Crippen LogP contribution >= 0.6 is 31.9 Å². The van der Waals surface area contributed by atoms with Crippen molar-refractivity contribution in [2.45, 2.75) is 18.2 Å². The van der Waals surface area contributed by atoms with Crippen molar-refractivity contribution in [3.8, 4) is 0 Å². The fourth-order valence-electron chi connectivity index (χ4n) is 1.44. The number of hydrogen-bond donors (Lipinski definition) is 2. The highest BCUT2D eigenvalue weighted by Gasteiger charge is 2.24. The predicted octanol–water partition coefficient (Wildman–Crippen LogP) is 2.28. The summed E-state index contributed by atoms with van der Waals surface area (Å²) in [7, 11) is -2.20. The molecule has 0 aromatic heterocycles. The van der Waals surface area contributed by atoms with Gasteiger partial charge in [0.25, 0.3) is 0 Å². The molecule has 0 radical (unpaired) electrons. The van der Waals surface area contributed by atoms with Crippen LogP contribution in [0, 0.1) is 6.92 Å². The molecule has 0 atom stereocenters. The molecule has 20 heavy (non-hydrogen) atoms. The fourth-order valence-corrected chi connectivity index (χ4v) is 4.24. The Kier molecular flexibility index (Phi) is 5.99. The van der Waals surface area contributed by atoms with E-state index in [2.05, 4.69) is 37.0 Å². The first-order valence-corrected chi connectivity index (χ1v) is 8.61. The molecule has 112 valence electrons. The standard InChI is InChI=1S/C11H15Br2N3O3S/c1-7-5-9(13)10(6-8(7)12)20(18,19)16(2)4-3-11(14)15-17/h5-6,17H,3-4H2,1-2H3,(H2,14,15). The summed E-state index contributed by atoms with van der Waals surface area (Å²) in [5.41, 5.74) is 6.26. The lowest BCUT2D eigenvalue weighted by atomic mass is 10.2. The number of halogens is 2. The molecule has 0 saturated carbocycles. The Bertz CT molecular complexity index is 632. The molecule has 0 bridgehead atoms. The Morgan fingerprint density at radius 2 is 2.00 bits per heavy atom. The van der Waals surface area contributed by atoms with Crippen LogP contribution in [0.2, 0.25) is 0 Å². The minimum Gasteiger partial charge on any atom is -0.409 e. The Hall–Kier alpha value is -0.640. The lowest BCUT2D eigenvalue weighted by Gasteiger charge is -2.18. The minimum atomic E-state index is -3.65. The van der Waals surface area contributed by atoms with E-state index in [9.17, 15) is 8.42 Å². The van der Waals surface area contributed by atoms with Gasteiger partial charge in [-0.1, -0.05) is 21.1 Å². The molecule has 0 heterocycles. The van der Waals surface area contributed by atoms with Crippen molar-refractivity contribution in [3.63, 3.8) is 0 Å². The van der Waals surface area contributed by atoms with Gasteiger partial charge in [0, 0.05) is 29.0 Å². The molecule has 9 heteroatoms. The Labute approximate surface area is 134 Å². The average Bonchev–Trinajstić information content (AvgIpc) is 2.39. The van der Waals surface area contributed by atoms with Crippen molar-refractivity contribution in [1.29, 1.82) is 0 Å². The van der Waals surface area contributed by atoms with Crippen LogP contribution in [0.4, 0.5) is 0 Å². The van der Waals surface area contributed by atoms with E-state index in [1.165, 1.54) is 7.05 Å². The van der Waals surface area contributed by atoms with Crippen LogP contribution in [0.25, 0.3) is 0 Å². The van der Waals surface area contributed by atoms with Crippen molar-refractivity contribution in [1.82, 2.24) is 4.31 Å². The zero-order valence-electron chi connectivity index (χ0n) is 11.0. The molecule has 0 fully saturated rings. The predicted molar refractivity (Wildman–Crippen MR) is 84.4 cm³/mol. The Morgan fingerprint density at radius 3 is 2.55 bits per heavy atom. The average molecular weight is 429 g/mol. The number of nitrogens with zero attached hydrogens (tertiary/aromatic N) is 2. The van der Waals surface area contributed by atoms with E-state index in [0.29, 0.717) is 8.95 Å². The molecule has 0 unspecified atom stereocenters. The highest BCUT2D eigenvalue weighted by Crippen LogP contribution is 2.30. The summed E-state index contributed by atoms with van der Waals surface area (Å²) in [6.45, 7) is 1.99. The maximum atomic E-state index is 12.4. The molecule has 0 saturated heterocycles. The lowest BCUT2D eigenvalue weighted by molar-refractivity contribution is 0.316. The Morgan fingerprint density at radius 1 is 1.40 bits per heavy atom. The highest BCUT2D eigenvalue weighted by molar-refractivity contribution is 9.11. The van der Waals surface area contributed by atoms with E-state index < -0.39 is 10.0 Å². The third kappa shape index (κ3) is 3.94. The molecule has 0 amide bonds. The number of hydrogen-bond acceptors (Lipinski definition) is 4. The summed E-state index contributed by atoms with van der Waals surface area (Å²) < 4.78 is 27.3. The van der Waals surface area contributed by atoms with E-state index in [4.69, 9.17) is 10.9 Å². The molecule has 0 aliphatic heterocycles. The third-order valence-electron chi connectivity index (χ3n) is 2.71. The molecule has 0 aliphatic carbocycles. The zero-order valence-corrected chi connectivity index (χ0v) is 15.0. The van der Waals surface area contributed by atoms with Crippen molar-refractivity contribution in [2.75, 3.05) is 13.6 Å². The molecule has 3 N–H and O–H groups in total. The zero-order chi connectivity index (χ0) is 15.5. The van der Waals surface area contributed by atoms with Crippen LogP contribution in [0.5, 0.6) is 0 Å². The molecular formula is C11H15Br2N3O3S. The van der Waals surface area contributed by atoms with Crippen molar-refractivity contribution >= 4 is 47.7 Å². The van der Waals surface area contributed by atoms with E-state index >= 15 is 0 Å². The maximum Gasteiger partial charge on any atom is 0.243 e. The normalized spacial score (nSPS) is 12.9. The van der Waals surface area contributed by atoms with E-state index in [0.717, 1.165) is 9.87 Å². The van der Waals surface area contributed by atoms with Crippen LogP contribution in [0.3, 0.4) is 0 Å². The lowest BCUT2D eigenvalue weighted by Crippen LogP contribution is -2.31. The van der Waals surface area contributed by atoms with Gasteiger partial charge < -0.3 is 10.9 Å². The molecule has 6 nitrogen and oxygen atoms in total. The van der Waals surface area contributed by atoms with Crippen molar-refractivity contribution in [3.05, 3.63) is 26.6 Å². The van der Waals surface area contributed by atoms with Crippen LogP contribution in [0.15, 0.2) is 31.1 Å². The van der Waals surface area contributed by atoms with Gasteiger partial charge in [0.05, 0.1) is 4.90 Å². The first-order chi connectivity index (χ1) is 9.20. The monoisotopic (exact) mass is 427 g/mol. The summed E-state index contributed by atoms with van der Waals surface area (Å²) in [4.78, 5) is 0.164. The first kappa shape index (κ1) is 17.4. The van der Waals surface area contributed by atoms with Crippen LogP contribution in [0.1, 0.15) is 12.0 Å². The van der Waals surface area contributed by atoms with Gasteiger partial charge in [-0.2, -0.15) is 0 Å². The number of amidine groups is 1. The van der Waals surface area contributed by atoms with Gasteiger partial charge >= 0.3 is 0 Å². The van der Waals surface area contributed by atoms with Gasteiger partial charge in [-0.05, 0) is 40.5 Å². The molecule has 1 aromatic carbocycles. The summed E-state index contributed by atoms with van der Waals surface area (Å²) >= 11 is 6.58. The second-order valence-corrected chi connectivity index (χ2v) is 7.92. The van der Waals surface area contributed by atoms with Crippen LogP contribution in [-0.2, 0) is 10.0 Å². The van der Waals surface area contributed by atoms with Gasteiger partial charge in [0.1, 0.15) is 5.84 Å².